The van der Waals surface area contributed by atoms with E-state index in [0.717, 1.165) is 24.3 Å². The molecule has 0 saturated heterocycles. The largest absolute Gasteiger partial charge is 0.514 e. The van der Waals surface area contributed by atoms with Gasteiger partial charge in [0.05, 0.1) is 0 Å². The lowest BCUT2D eigenvalue weighted by Gasteiger charge is -2.24. The molecule has 0 aliphatic heterocycles. The van der Waals surface area contributed by atoms with Crippen molar-refractivity contribution in [2.45, 2.75) is 32.2 Å². The molecule has 106 valence electrons. The van der Waals surface area contributed by atoms with Gasteiger partial charge in [-0.3, -0.25) is 0 Å². The predicted octanol–water partition coefficient (Wildman–Crippen LogP) is 4.56. The maximum absolute atomic E-state index is 6.18. The maximum Gasteiger partial charge on any atom is 0.447 e. The van der Waals surface area contributed by atoms with E-state index < -0.39 is 9.28 Å². The molecule has 0 unspecified atom stereocenters. The minimum atomic E-state index is -1.80. The second-order valence-corrected chi connectivity index (χ2v) is 6.96. The van der Waals surface area contributed by atoms with E-state index >= 15 is 0 Å². The fourth-order valence-electron chi connectivity index (χ4n) is 2.16. The zero-order chi connectivity index (χ0) is 14.2. The Morgan fingerprint density at radius 3 is 1.50 bits per heavy atom. The summed E-state index contributed by atoms with van der Waals surface area (Å²) in [5.74, 6) is 1.82. The minimum absolute atomic E-state index is 0.510. The Bertz CT molecular complexity index is 441. The van der Waals surface area contributed by atoms with Crippen LogP contribution in [0.3, 0.4) is 0 Å². The summed E-state index contributed by atoms with van der Waals surface area (Å²) in [5.41, 5.74) is 0.510. The van der Waals surface area contributed by atoms with E-state index in [0.29, 0.717) is 5.54 Å². The molecule has 0 aromatic heterocycles. The molecule has 0 fully saturated rings. The first-order valence-electron chi connectivity index (χ1n) is 7.27. The third-order valence-electron chi connectivity index (χ3n) is 3.42. The van der Waals surface area contributed by atoms with Crippen LogP contribution in [0.4, 0.5) is 0 Å². The highest BCUT2D eigenvalue weighted by Gasteiger charge is 2.27. The third-order valence-corrected chi connectivity index (χ3v) is 6.15. The molecule has 0 bridgehead atoms. The fourth-order valence-corrected chi connectivity index (χ4v) is 4.21. The lowest BCUT2D eigenvalue weighted by Crippen LogP contribution is -2.35. The molecule has 0 aliphatic rings. The lowest BCUT2D eigenvalue weighted by molar-refractivity contribution is 0.395. The van der Waals surface area contributed by atoms with E-state index in [9.17, 15) is 0 Å². The molecule has 2 nitrogen and oxygen atoms in total. The van der Waals surface area contributed by atoms with Crippen LogP contribution in [0.2, 0.25) is 5.54 Å². The van der Waals surface area contributed by atoms with Gasteiger partial charge in [-0.15, -0.1) is 0 Å². The number of rotatable bonds is 7. The topological polar surface area (TPSA) is 18.5 Å². The first-order chi connectivity index (χ1) is 9.83. The molecule has 3 heteroatoms. The zero-order valence-corrected chi connectivity index (χ0v) is 13.3. The Hall–Kier alpha value is -1.74. The van der Waals surface area contributed by atoms with Crippen molar-refractivity contribution in [1.82, 2.24) is 0 Å². The van der Waals surface area contributed by atoms with Crippen molar-refractivity contribution in [2.24, 2.45) is 0 Å². The van der Waals surface area contributed by atoms with E-state index in [-0.39, 0.29) is 0 Å². The van der Waals surface area contributed by atoms with Gasteiger partial charge in [-0.25, -0.2) is 0 Å². The first kappa shape index (κ1) is 14.7. The van der Waals surface area contributed by atoms with E-state index in [1.54, 1.807) is 0 Å². The van der Waals surface area contributed by atoms with Crippen molar-refractivity contribution >= 4 is 9.28 Å². The van der Waals surface area contributed by atoms with Crippen LogP contribution in [0.25, 0.3) is 0 Å². The second kappa shape index (κ2) is 7.75. The molecular formula is C17H22O2Si. The summed E-state index contributed by atoms with van der Waals surface area (Å²) in [5, 5.41) is 0. The average molecular weight is 286 g/mol. The van der Waals surface area contributed by atoms with Gasteiger partial charge < -0.3 is 8.85 Å². The summed E-state index contributed by atoms with van der Waals surface area (Å²) in [7, 11) is -1.80. The molecule has 0 amide bonds. The summed E-state index contributed by atoms with van der Waals surface area (Å²) < 4.78 is 12.4. The zero-order valence-electron chi connectivity index (χ0n) is 12.2. The molecule has 2 aromatic carbocycles. The molecule has 2 aromatic rings. The van der Waals surface area contributed by atoms with Gasteiger partial charge >= 0.3 is 9.28 Å². The number of para-hydroxylation sites is 2. The number of benzene rings is 2. The summed E-state index contributed by atoms with van der Waals surface area (Å²) in [6.07, 6.45) is 2.18. The van der Waals surface area contributed by atoms with Crippen LogP contribution in [0.5, 0.6) is 11.5 Å². The van der Waals surface area contributed by atoms with Crippen molar-refractivity contribution in [2.75, 3.05) is 0 Å². The Kier molecular flexibility index (Phi) is 5.68. The number of hydrogen-bond acceptors (Lipinski definition) is 2. The van der Waals surface area contributed by atoms with Gasteiger partial charge in [-0.1, -0.05) is 50.2 Å². The van der Waals surface area contributed by atoms with Gasteiger partial charge in [0.2, 0.25) is 0 Å². The number of hydrogen-bond donors (Lipinski definition) is 0. The normalized spacial score (nSPS) is 10.8. The van der Waals surface area contributed by atoms with Crippen LogP contribution in [-0.2, 0) is 0 Å². The monoisotopic (exact) mass is 286 g/mol. The molecule has 0 spiro atoms. The van der Waals surface area contributed by atoms with E-state index in [2.05, 4.69) is 13.8 Å². The van der Waals surface area contributed by atoms with Gasteiger partial charge in [0.25, 0.3) is 0 Å². The minimum Gasteiger partial charge on any atom is -0.514 e. The SMILES string of the molecule is CCC(CC)[SiH](Oc1ccccc1)Oc1ccccc1. The average Bonchev–Trinajstić information content (AvgIpc) is 2.50. The van der Waals surface area contributed by atoms with E-state index in [1.807, 2.05) is 60.7 Å². The third kappa shape index (κ3) is 4.13. The Balaban J connectivity index is 2.12. The highest BCUT2D eigenvalue weighted by Crippen LogP contribution is 2.25. The molecule has 20 heavy (non-hydrogen) atoms. The summed E-state index contributed by atoms with van der Waals surface area (Å²) >= 11 is 0. The lowest BCUT2D eigenvalue weighted by atomic mass is 10.3. The van der Waals surface area contributed by atoms with Gasteiger partial charge in [0.1, 0.15) is 11.5 Å². The van der Waals surface area contributed by atoms with E-state index in [4.69, 9.17) is 8.85 Å². The van der Waals surface area contributed by atoms with Gasteiger partial charge in [0, 0.05) is 5.54 Å². The van der Waals surface area contributed by atoms with Gasteiger partial charge in [-0.2, -0.15) is 0 Å². The summed E-state index contributed by atoms with van der Waals surface area (Å²) in [6.45, 7) is 4.41. The standard InChI is InChI=1S/C17H22O2Si/c1-3-17(4-2)20(18-15-11-7-5-8-12-15)19-16-13-9-6-10-14-16/h5-14,17,20H,3-4H2,1-2H3. The highest BCUT2D eigenvalue weighted by molar-refractivity contribution is 6.48. The second-order valence-electron chi connectivity index (χ2n) is 4.81. The molecule has 0 saturated carbocycles. The van der Waals surface area contributed by atoms with Crippen LogP contribution in [0.1, 0.15) is 26.7 Å². The van der Waals surface area contributed by atoms with Crippen molar-refractivity contribution in [3.63, 3.8) is 0 Å². The summed E-state index contributed by atoms with van der Waals surface area (Å²) in [4.78, 5) is 0. The molecule has 0 radical (unpaired) electrons. The van der Waals surface area contributed by atoms with Crippen molar-refractivity contribution < 1.29 is 8.85 Å². The maximum atomic E-state index is 6.18. The molecule has 0 N–H and O–H groups in total. The van der Waals surface area contributed by atoms with Crippen LogP contribution in [0.15, 0.2) is 60.7 Å². The van der Waals surface area contributed by atoms with Crippen molar-refractivity contribution in [1.29, 1.82) is 0 Å². The van der Waals surface area contributed by atoms with Gasteiger partial charge in [-0.05, 0) is 37.1 Å². The van der Waals surface area contributed by atoms with Crippen LogP contribution < -0.4 is 8.85 Å². The quantitative estimate of drug-likeness (QED) is 0.695. The molecular weight excluding hydrogens is 264 g/mol. The van der Waals surface area contributed by atoms with Crippen LogP contribution >= 0.6 is 0 Å². The smallest absolute Gasteiger partial charge is 0.447 e. The molecule has 0 atom stereocenters. The van der Waals surface area contributed by atoms with Gasteiger partial charge in [0.15, 0.2) is 0 Å². The molecule has 0 aliphatic carbocycles. The predicted molar refractivity (Wildman–Crippen MR) is 85.6 cm³/mol. The molecule has 0 heterocycles. The van der Waals surface area contributed by atoms with Crippen LogP contribution in [0, 0.1) is 0 Å². The first-order valence-corrected chi connectivity index (χ1v) is 8.87. The molecule has 2 rings (SSSR count). The van der Waals surface area contributed by atoms with Crippen LogP contribution in [-0.4, -0.2) is 9.28 Å². The van der Waals surface area contributed by atoms with E-state index in [1.165, 1.54) is 0 Å². The summed E-state index contributed by atoms with van der Waals surface area (Å²) in [6, 6.07) is 20.0. The fraction of sp³-hybridized carbons (Fsp3) is 0.294. The van der Waals surface area contributed by atoms with Crippen molar-refractivity contribution in [3.05, 3.63) is 60.7 Å². The Labute approximate surface area is 123 Å². The Morgan fingerprint density at radius 2 is 1.15 bits per heavy atom. The highest BCUT2D eigenvalue weighted by atomic mass is 28.3. The Morgan fingerprint density at radius 1 is 0.750 bits per heavy atom. The van der Waals surface area contributed by atoms with Crippen molar-refractivity contribution in [3.8, 4) is 11.5 Å².